The van der Waals surface area contributed by atoms with Crippen molar-refractivity contribution in [2.24, 2.45) is 23.7 Å². The van der Waals surface area contributed by atoms with Crippen molar-refractivity contribution < 1.29 is 4.79 Å². The predicted molar refractivity (Wildman–Crippen MR) is 100 cm³/mol. The van der Waals surface area contributed by atoms with Crippen molar-refractivity contribution >= 4 is 5.91 Å². The summed E-state index contributed by atoms with van der Waals surface area (Å²) in [5, 5.41) is 0. The molecule has 0 aliphatic carbocycles. The third-order valence-corrected chi connectivity index (χ3v) is 6.36. The molecule has 2 unspecified atom stereocenters. The number of nitrogens with zero attached hydrogens (tertiary/aromatic N) is 1. The van der Waals surface area contributed by atoms with Gasteiger partial charge in [-0.15, -0.1) is 0 Å². The normalized spacial score (nSPS) is 25.5. The summed E-state index contributed by atoms with van der Waals surface area (Å²) in [6, 6.07) is 0.366. The van der Waals surface area contributed by atoms with Crippen LogP contribution in [0.1, 0.15) is 93.9 Å². The minimum absolute atomic E-state index is 0.0766. The Bertz CT molecular complexity index is 370. The third kappa shape index (κ3) is 5.22. The Hall–Kier alpha value is -0.530. The Morgan fingerprint density at radius 1 is 0.957 bits per heavy atom. The summed E-state index contributed by atoms with van der Waals surface area (Å²) in [4.78, 5) is 15.4. The Morgan fingerprint density at radius 3 is 2.04 bits per heavy atom. The molecule has 2 nitrogen and oxygen atoms in total. The second-order valence-corrected chi connectivity index (χ2v) is 9.22. The molecule has 0 bridgehead atoms. The van der Waals surface area contributed by atoms with Gasteiger partial charge < -0.3 is 4.90 Å². The number of amides is 1. The Labute approximate surface area is 145 Å². The van der Waals surface area contributed by atoms with Crippen LogP contribution in [-0.4, -0.2) is 22.4 Å². The van der Waals surface area contributed by atoms with E-state index < -0.39 is 0 Å². The highest BCUT2D eigenvalue weighted by atomic mass is 16.2. The maximum atomic E-state index is 13.1. The van der Waals surface area contributed by atoms with Gasteiger partial charge in [0.15, 0.2) is 0 Å². The minimum atomic E-state index is -0.0766. The fourth-order valence-electron chi connectivity index (χ4n) is 3.90. The van der Waals surface area contributed by atoms with E-state index in [0.717, 1.165) is 25.2 Å². The van der Waals surface area contributed by atoms with Gasteiger partial charge in [-0.25, -0.2) is 0 Å². The van der Waals surface area contributed by atoms with Gasteiger partial charge in [-0.3, -0.25) is 4.79 Å². The van der Waals surface area contributed by atoms with Crippen LogP contribution in [0.3, 0.4) is 0 Å². The largest absolute Gasteiger partial charge is 0.334 e. The molecule has 1 aliphatic rings. The third-order valence-electron chi connectivity index (χ3n) is 6.36. The van der Waals surface area contributed by atoms with Gasteiger partial charge in [-0.2, -0.15) is 0 Å². The van der Waals surface area contributed by atoms with Gasteiger partial charge >= 0.3 is 0 Å². The van der Waals surface area contributed by atoms with Crippen LogP contribution in [0.4, 0.5) is 0 Å². The van der Waals surface area contributed by atoms with E-state index in [1.165, 1.54) is 19.3 Å². The predicted octanol–water partition coefficient (Wildman–Crippen LogP) is 5.90. The van der Waals surface area contributed by atoms with Gasteiger partial charge in [0.25, 0.3) is 0 Å². The van der Waals surface area contributed by atoms with Crippen LogP contribution in [0.25, 0.3) is 0 Å². The zero-order valence-corrected chi connectivity index (χ0v) is 17.0. The first-order chi connectivity index (χ1) is 10.6. The number of carbonyl (C=O) groups excluding carboxylic acids is 1. The molecule has 23 heavy (non-hydrogen) atoms. The fraction of sp³-hybridized carbons (Fsp3) is 0.952. The van der Waals surface area contributed by atoms with E-state index in [1.807, 2.05) is 0 Å². The lowest BCUT2D eigenvalue weighted by molar-refractivity contribution is -0.145. The van der Waals surface area contributed by atoms with Crippen LogP contribution < -0.4 is 0 Å². The van der Waals surface area contributed by atoms with Crippen molar-refractivity contribution in [2.45, 2.75) is 105 Å². The van der Waals surface area contributed by atoms with Crippen molar-refractivity contribution in [1.82, 2.24) is 4.90 Å². The number of carbonyl (C=O) groups is 1. The van der Waals surface area contributed by atoms with Gasteiger partial charge in [0.1, 0.15) is 0 Å². The average molecular weight is 324 g/mol. The second-order valence-electron chi connectivity index (χ2n) is 9.22. The summed E-state index contributed by atoms with van der Waals surface area (Å²) < 4.78 is 0. The van der Waals surface area contributed by atoms with Crippen LogP contribution >= 0.6 is 0 Å². The smallest absolute Gasteiger partial charge is 0.223 e. The maximum Gasteiger partial charge on any atom is 0.223 e. The Kier molecular flexibility index (Phi) is 7.61. The van der Waals surface area contributed by atoms with E-state index in [1.54, 1.807) is 0 Å². The molecule has 1 heterocycles. The molecule has 0 spiro atoms. The number of hydrogen-bond acceptors (Lipinski definition) is 1. The number of hydrogen-bond donors (Lipinski definition) is 0. The molecule has 0 aromatic rings. The van der Waals surface area contributed by atoms with Gasteiger partial charge in [0.05, 0.1) is 0 Å². The molecule has 1 amide bonds. The van der Waals surface area contributed by atoms with E-state index in [-0.39, 0.29) is 5.54 Å². The molecular formula is C21H41NO. The quantitative estimate of drug-likeness (QED) is 0.630. The summed E-state index contributed by atoms with van der Waals surface area (Å²) in [7, 11) is 0. The molecule has 2 atom stereocenters. The molecule has 136 valence electrons. The van der Waals surface area contributed by atoms with E-state index in [9.17, 15) is 4.79 Å². The van der Waals surface area contributed by atoms with Gasteiger partial charge in [-0.05, 0) is 50.4 Å². The summed E-state index contributed by atoms with van der Waals surface area (Å²) in [6.07, 6.45) is 6.76. The average Bonchev–Trinajstić information content (AvgIpc) is 2.43. The van der Waals surface area contributed by atoms with Crippen LogP contribution in [0.2, 0.25) is 0 Å². The number of rotatable bonds is 4. The molecule has 0 saturated carbocycles. The maximum absolute atomic E-state index is 13.1. The van der Waals surface area contributed by atoms with Crippen molar-refractivity contribution in [3.63, 3.8) is 0 Å². The van der Waals surface area contributed by atoms with Crippen LogP contribution in [-0.2, 0) is 4.79 Å². The molecule has 0 radical (unpaired) electrons. The van der Waals surface area contributed by atoms with Gasteiger partial charge in [0, 0.05) is 18.0 Å². The van der Waals surface area contributed by atoms with Gasteiger partial charge in [-0.1, -0.05) is 60.8 Å². The zero-order valence-electron chi connectivity index (χ0n) is 17.0. The minimum Gasteiger partial charge on any atom is -0.334 e. The molecule has 2 heteroatoms. The molecule has 1 aliphatic heterocycles. The summed E-state index contributed by atoms with van der Waals surface area (Å²) in [5.41, 5.74) is -0.0766. The topological polar surface area (TPSA) is 20.3 Å². The van der Waals surface area contributed by atoms with Crippen molar-refractivity contribution in [3.8, 4) is 0 Å². The highest BCUT2D eigenvalue weighted by Gasteiger charge is 2.40. The lowest BCUT2D eigenvalue weighted by Gasteiger charge is -2.49. The molecular weight excluding hydrogens is 282 g/mol. The van der Waals surface area contributed by atoms with E-state index in [0.29, 0.717) is 29.7 Å². The van der Waals surface area contributed by atoms with Gasteiger partial charge in [0.2, 0.25) is 5.91 Å². The zero-order chi connectivity index (χ0) is 17.8. The molecule has 0 aromatic heterocycles. The van der Waals surface area contributed by atoms with E-state index in [2.05, 4.69) is 60.3 Å². The van der Waals surface area contributed by atoms with E-state index >= 15 is 0 Å². The Balaban J connectivity index is 3.21. The summed E-state index contributed by atoms with van der Waals surface area (Å²) in [5.74, 6) is 2.80. The molecule has 1 rings (SSSR count). The van der Waals surface area contributed by atoms with Crippen LogP contribution in [0.5, 0.6) is 0 Å². The van der Waals surface area contributed by atoms with Crippen LogP contribution in [0, 0.1) is 23.7 Å². The first kappa shape index (κ1) is 20.5. The molecule has 0 N–H and O–H groups in total. The SMILES string of the molecule is CC(C)C1CCCCCC(=O)N(C(C)(C)C(C)C)C(C(C)C)C1. The summed E-state index contributed by atoms with van der Waals surface area (Å²) in [6.45, 7) is 18.3. The molecule has 0 aromatic carbocycles. The monoisotopic (exact) mass is 323 g/mol. The van der Waals surface area contributed by atoms with E-state index in [4.69, 9.17) is 0 Å². The second kappa shape index (κ2) is 8.53. The molecule has 1 saturated heterocycles. The summed E-state index contributed by atoms with van der Waals surface area (Å²) >= 11 is 0. The first-order valence-corrected chi connectivity index (χ1v) is 9.91. The highest BCUT2D eigenvalue weighted by molar-refractivity contribution is 5.77. The van der Waals surface area contributed by atoms with Crippen molar-refractivity contribution in [3.05, 3.63) is 0 Å². The highest BCUT2D eigenvalue weighted by Crippen LogP contribution is 2.36. The molecule has 1 fully saturated rings. The standard InChI is InChI=1S/C21H41NO/c1-15(2)18-12-10-9-11-13-20(23)22(19(14-18)16(3)4)21(7,8)17(5)6/h15-19H,9-14H2,1-8H3. The first-order valence-electron chi connectivity index (χ1n) is 9.91. The lowest BCUT2D eigenvalue weighted by atomic mass is 9.78. The van der Waals surface area contributed by atoms with Crippen molar-refractivity contribution in [1.29, 1.82) is 0 Å². The lowest BCUT2D eigenvalue weighted by Crippen LogP contribution is -2.58. The van der Waals surface area contributed by atoms with Crippen LogP contribution in [0.15, 0.2) is 0 Å². The fourth-order valence-corrected chi connectivity index (χ4v) is 3.90. The Morgan fingerprint density at radius 2 is 1.57 bits per heavy atom. The van der Waals surface area contributed by atoms with Crippen molar-refractivity contribution in [2.75, 3.05) is 0 Å².